The molecule has 0 aromatic carbocycles. The maximum Gasteiger partial charge on any atom is 0.0742 e. The van der Waals surface area contributed by atoms with Gasteiger partial charge in [-0.05, 0) is 6.42 Å². The van der Waals surface area contributed by atoms with E-state index in [0.717, 1.165) is 19.4 Å². The standard InChI is InChI=1S/C7H12O2/c8-7-3-1-2-5-9-6-4-7/h1,3,7-8H,2,4-6H2/b3-1+. The molecule has 0 saturated heterocycles. The van der Waals surface area contributed by atoms with Crippen LogP contribution in [0.5, 0.6) is 0 Å². The molecule has 1 rings (SSSR count). The molecule has 2 nitrogen and oxygen atoms in total. The quantitative estimate of drug-likeness (QED) is 0.487. The first-order chi connectivity index (χ1) is 4.39. The van der Waals surface area contributed by atoms with E-state index in [1.165, 1.54) is 0 Å². The third-order valence-corrected chi connectivity index (χ3v) is 1.35. The summed E-state index contributed by atoms with van der Waals surface area (Å²) in [5.74, 6) is 0. The molecule has 1 aliphatic rings. The average Bonchev–Trinajstić information content (AvgIpc) is 1.79. The smallest absolute Gasteiger partial charge is 0.0742 e. The lowest BCUT2D eigenvalue weighted by Crippen LogP contribution is -2.10. The summed E-state index contributed by atoms with van der Waals surface area (Å²) in [4.78, 5) is 0. The zero-order chi connectivity index (χ0) is 6.53. The second kappa shape index (κ2) is 3.64. The highest BCUT2D eigenvalue weighted by Crippen LogP contribution is 2.00. The van der Waals surface area contributed by atoms with Crippen LogP contribution in [0.15, 0.2) is 12.2 Å². The van der Waals surface area contributed by atoms with E-state index < -0.39 is 0 Å². The summed E-state index contributed by atoms with van der Waals surface area (Å²) >= 11 is 0. The number of aliphatic hydroxyl groups excluding tert-OH is 1. The predicted octanol–water partition coefficient (Wildman–Crippen LogP) is 0.714. The van der Waals surface area contributed by atoms with Crippen molar-refractivity contribution in [2.75, 3.05) is 13.2 Å². The van der Waals surface area contributed by atoms with Crippen molar-refractivity contribution < 1.29 is 9.84 Å². The van der Waals surface area contributed by atoms with Gasteiger partial charge in [0.2, 0.25) is 0 Å². The Hall–Kier alpha value is -0.340. The van der Waals surface area contributed by atoms with Crippen LogP contribution in [0.25, 0.3) is 0 Å². The van der Waals surface area contributed by atoms with E-state index in [-0.39, 0.29) is 6.10 Å². The largest absolute Gasteiger partial charge is 0.389 e. The van der Waals surface area contributed by atoms with Gasteiger partial charge in [-0.3, -0.25) is 0 Å². The second-order valence-corrected chi connectivity index (χ2v) is 2.19. The molecule has 0 fully saturated rings. The Morgan fingerprint density at radius 3 is 3.22 bits per heavy atom. The Morgan fingerprint density at radius 2 is 2.33 bits per heavy atom. The number of hydrogen-bond acceptors (Lipinski definition) is 2. The summed E-state index contributed by atoms with van der Waals surface area (Å²) < 4.78 is 5.13. The maximum atomic E-state index is 9.05. The monoisotopic (exact) mass is 128 g/mol. The summed E-state index contributed by atoms with van der Waals surface area (Å²) in [6, 6.07) is 0. The fourth-order valence-electron chi connectivity index (χ4n) is 0.807. The first-order valence-corrected chi connectivity index (χ1v) is 3.32. The van der Waals surface area contributed by atoms with E-state index in [0.29, 0.717) is 6.61 Å². The van der Waals surface area contributed by atoms with E-state index in [1.54, 1.807) is 0 Å². The molecule has 2 heteroatoms. The summed E-state index contributed by atoms with van der Waals surface area (Å²) in [7, 11) is 0. The summed E-state index contributed by atoms with van der Waals surface area (Å²) in [6.45, 7) is 1.48. The van der Waals surface area contributed by atoms with Crippen molar-refractivity contribution in [1.82, 2.24) is 0 Å². The second-order valence-electron chi connectivity index (χ2n) is 2.19. The molecule has 0 saturated carbocycles. The Bertz CT molecular complexity index is 99.1. The lowest BCUT2D eigenvalue weighted by atomic mass is 10.2. The van der Waals surface area contributed by atoms with Crippen LogP contribution >= 0.6 is 0 Å². The van der Waals surface area contributed by atoms with Gasteiger partial charge in [0.15, 0.2) is 0 Å². The van der Waals surface area contributed by atoms with Crippen LogP contribution in [0.3, 0.4) is 0 Å². The van der Waals surface area contributed by atoms with Crippen LogP contribution in [0.4, 0.5) is 0 Å². The zero-order valence-electron chi connectivity index (χ0n) is 5.42. The van der Waals surface area contributed by atoms with E-state index in [4.69, 9.17) is 9.84 Å². The summed E-state index contributed by atoms with van der Waals surface area (Å²) in [5.41, 5.74) is 0. The minimum atomic E-state index is -0.287. The molecule has 9 heavy (non-hydrogen) atoms. The van der Waals surface area contributed by atoms with Crippen LogP contribution in [0.2, 0.25) is 0 Å². The molecule has 0 aromatic heterocycles. The Kier molecular flexibility index (Phi) is 2.74. The van der Waals surface area contributed by atoms with Gasteiger partial charge in [-0.25, -0.2) is 0 Å². The molecular formula is C7H12O2. The van der Waals surface area contributed by atoms with Crippen LogP contribution in [0.1, 0.15) is 12.8 Å². The van der Waals surface area contributed by atoms with E-state index in [2.05, 4.69) is 0 Å². The third kappa shape index (κ3) is 2.63. The van der Waals surface area contributed by atoms with Crippen molar-refractivity contribution in [1.29, 1.82) is 0 Å². The van der Waals surface area contributed by atoms with E-state index in [9.17, 15) is 0 Å². The number of hydrogen-bond donors (Lipinski definition) is 1. The first kappa shape index (κ1) is 6.78. The van der Waals surface area contributed by atoms with Gasteiger partial charge < -0.3 is 9.84 Å². The third-order valence-electron chi connectivity index (χ3n) is 1.35. The summed E-state index contributed by atoms with van der Waals surface area (Å²) in [5, 5.41) is 9.05. The van der Waals surface area contributed by atoms with Crippen molar-refractivity contribution in [2.24, 2.45) is 0 Å². The fourth-order valence-corrected chi connectivity index (χ4v) is 0.807. The predicted molar refractivity (Wildman–Crippen MR) is 35.2 cm³/mol. The molecule has 0 amide bonds. The van der Waals surface area contributed by atoms with Gasteiger partial charge in [-0.1, -0.05) is 12.2 Å². The highest BCUT2D eigenvalue weighted by Gasteiger charge is 2.00. The molecule has 0 radical (unpaired) electrons. The molecule has 1 atom stereocenters. The molecule has 1 heterocycles. The van der Waals surface area contributed by atoms with Crippen molar-refractivity contribution in [2.45, 2.75) is 18.9 Å². The molecular weight excluding hydrogens is 116 g/mol. The lowest BCUT2D eigenvalue weighted by Gasteiger charge is -2.08. The van der Waals surface area contributed by atoms with Gasteiger partial charge >= 0.3 is 0 Å². The van der Waals surface area contributed by atoms with Crippen molar-refractivity contribution >= 4 is 0 Å². The molecule has 0 aromatic rings. The first-order valence-electron chi connectivity index (χ1n) is 3.32. The average molecular weight is 128 g/mol. The fraction of sp³-hybridized carbons (Fsp3) is 0.714. The normalized spacial score (nSPS) is 32.8. The van der Waals surface area contributed by atoms with Gasteiger partial charge in [0.05, 0.1) is 12.7 Å². The SMILES string of the molecule is OC1/C=C/CCOCC1. The molecule has 1 aliphatic heterocycles. The van der Waals surface area contributed by atoms with Gasteiger partial charge in [-0.15, -0.1) is 0 Å². The van der Waals surface area contributed by atoms with Crippen LogP contribution in [0, 0.1) is 0 Å². The van der Waals surface area contributed by atoms with Crippen molar-refractivity contribution in [3.05, 3.63) is 12.2 Å². The number of aliphatic hydroxyl groups is 1. The highest BCUT2D eigenvalue weighted by molar-refractivity contribution is 4.89. The van der Waals surface area contributed by atoms with Crippen LogP contribution in [-0.4, -0.2) is 24.4 Å². The molecule has 52 valence electrons. The van der Waals surface area contributed by atoms with E-state index in [1.807, 2.05) is 12.2 Å². The summed E-state index contributed by atoms with van der Waals surface area (Å²) in [6.07, 6.45) is 5.17. The molecule has 1 unspecified atom stereocenters. The van der Waals surface area contributed by atoms with Crippen LogP contribution in [-0.2, 0) is 4.74 Å². The van der Waals surface area contributed by atoms with Crippen molar-refractivity contribution in [3.63, 3.8) is 0 Å². The minimum absolute atomic E-state index is 0.287. The van der Waals surface area contributed by atoms with Gasteiger partial charge in [0.25, 0.3) is 0 Å². The molecule has 0 spiro atoms. The zero-order valence-corrected chi connectivity index (χ0v) is 5.42. The Labute approximate surface area is 55.1 Å². The number of ether oxygens (including phenoxy) is 1. The number of rotatable bonds is 0. The highest BCUT2D eigenvalue weighted by atomic mass is 16.5. The maximum absolute atomic E-state index is 9.05. The van der Waals surface area contributed by atoms with Gasteiger partial charge in [0.1, 0.15) is 0 Å². The Balaban J connectivity index is 2.30. The lowest BCUT2D eigenvalue weighted by molar-refractivity contribution is 0.0962. The van der Waals surface area contributed by atoms with Crippen molar-refractivity contribution in [3.8, 4) is 0 Å². The van der Waals surface area contributed by atoms with Crippen LogP contribution < -0.4 is 0 Å². The molecule has 0 aliphatic carbocycles. The van der Waals surface area contributed by atoms with Gasteiger partial charge in [-0.2, -0.15) is 0 Å². The van der Waals surface area contributed by atoms with E-state index >= 15 is 0 Å². The van der Waals surface area contributed by atoms with Gasteiger partial charge in [0, 0.05) is 13.0 Å². The minimum Gasteiger partial charge on any atom is -0.389 e. The molecule has 0 bridgehead atoms. The topological polar surface area (TPSA) is 29.5 Å². The molecule has 1 N–H and O–H groups in total. The Morgan fingerprint density at radius 1 is 1.44 bits per heavy atom.